The van der Waals surface area contributed by atoms with E-state index in [1.807, 2.05) is 79.0 Å². The molecule has 0 spiro atoms. The molecule has 1 heterocycles. The summed E-state index contributed by atoms with van der Waals surface area (Å²) in [5.74, 6) is 0. The first kappa shape index (κ1) is 16.5. The Labute approximate surface area is 146 Å². The van der Waals surface area contributed by atoms with E-state index in [2.05, 4.69) is 10.4 Å². The van der Waals surface area contributed by atoms with Gasteiger partial charge in [0.05, 0.1) is 11.9 Å². The summed E-state index contributed by atoms with van der Waals surface area (Å²) in [6.07, 6.45) is 7.03. The third kappa shape index (κ3) is 5.07. The SMILES string of the molecule is O=C(NCC=Cc1cnn(-c2ccccc2)c1)OCc1ccccc1. The lowest BCUT2D eigenvalue weighted by Crippen LogP contribution is -2.24. The van der Waals surface area contributed by atoms with Crippen LogP contribution in [-0.2, 0) is 11.3 Å². The van der Waals surface area contributed by atoms with Crippen LogP contribution in [0.15, 0.2) is 79.1 Å². The van der Waals surface area contributed by atoms with E-state index in [1.54, 1.807) is 10.9 Å². The maximum Gasteiger partial charge on any atom is 0.407 e. The Kier molecular flexibility index (Phi) is 5.61. The Morgan fingerprint density at radius 3 is 2.56 bits per heavy atom. The number of rotatable bonds is 6. The summed E-state index contributed by atoms with van der Waals surface area (Å²) in [7, 11) is 0. The number of carbonyl (C=O) groups is 1. The highest BCUT2D eigenvalue weighted by Gasteiger charge is 2.01. The van der Waals surface area contributed by atoms with Gasteiger partial charge in [-0.25, -0.2) is 9.48 Å². The van der Waals surface area contributed by atoms with Crippen molar-refractivity contribution < 1.29 is 9.53 Å². The highest BCUT2D eigenvalue weighted by atomic mass is 16.5. The van der Waals surface area contributed by atoms with Crippen molar-refractivity contribution in [3.8, 4) is 5.69 Å². The number of alkyl carbamates (subject to hydrolysis) is 1. The minimum absolute atomic E-state index is 0.264. The number of hydrogen-bond donors (Lipinski definition) is 1. The van der Waals surface area contributed by atoms with Crippen LogP contribution in [0.2, 0.25) is 0 Å². The Hall–Kier alpha value is -3.34. The molecule has 0 unspecified atom stereocenters. The highest BCUT2D eigenvalue weighted by molar-refractivity contribution is 5.67. The fourth-order valence-corrected chi connectivity index (χ4v) is 2.26. The van der Waals surface area contributed by atoms with E-state index in [9.17, 15) is 4.79 Å². The van der Waals surface area contributed by atoms with Crippen LogP contribution < -0.4 is 5.32 Å². The number of para-hydroxylation sites is 1. The molecule has 3 rings (SSSR count). The molecule has 0 saturated heterocycles. The zero-order chi connectivity index (χ0) is 17.3. The van der Waals surface area contributed by atoms with Gasteiger partial charge in [0.15, 0.2) is 0 Å². The van der Waals surface area contributed by atoms with Crippen LogP contribution in [0.25, 0.3) is 11.8 Å². The van der Waals surface area contributed by atoms with Gasteiger partial charge in [-0.1, -0.05) is 60.7 Å². The maximum atomic E-state index is 11.6. The van der Waals surface area contributed by atoms with Gasteiger partial charge in [-0.05, 0) is 17.7 Å². The topological polar surface area (TPSA) is 56.2 Å². The van der Waals surface area contributed by atoms with Crippen molar-refractivity contribution in [2.24, 2.45) is 0 Å². The number of benzene rings is 2. The Morgan fingerprint density at radius 2 is 1.80 bits per heavy atom. The number of amides is 1. The minimum Gasteiger partial charge on any atom is -0.445 e. The quantitative estimate of drug-likeness (QED) is 0.746. The predicted octanol–water partition coefficient (Wildman–Crippen LogP) is 3.81. The van der Waals surface area contributed by atoms with E-state index in [-0.39, 0.29) is 6.61 Å². The van der Waals surface area contributed by atoms with Gasteiger partial charge in [-0.2, -0.15) is 5.10 Å². The molecule has 3 aromatic rings. The average molecular weight is 333 g/mol. The third-order valence-corrected chi connectivity index (χ3v) is 3.51. The normalized spacial score (nSPS) is 10.7. The number of hydrogen-bond acceptors (Lipinski definition) is 3. The summed E-state index contributed by atoms with van der Waals surface area (Å²) < 4.78 is 6.95. The predicted molar refractivity (Wildman–Crippen MR) is 97.2 cm³/mol. The molecule has 0 saturated carbocycles. The number of carbonyl (C=O) groups excluding carboxylic acids is 1. The fourth-order valence-electron chi connectivity index (χ4n) is 2.26. The molecule has 126 valence electrons. The lowest BCUT2D eigenvalue weighted by molar-refractivity contribution is 0.141. The van der Waals surface area contributed by atoms with Crippen molar-refractivity contribution in [2.75, 3.05) is 6.54 Å². The molecule has 5 heteroatoms. The molecule has 0 bridgehead atoms. The van der Waals surface area contributed by atoms with Gasteiger partial charge in [0, 0.05) is 18.3 Å². The van der Waals surface area contributed by atoms with Gasteiger partial charge in [-0.15, -0.1) is 0 Å². The van der Waals surface area contributed by atoms with Crippen LogP contribution in [0.3, 0.4) is 0 Å². The van der Waals surface area contributed by atoms with E-state index >= 15 is 0 Å². The van der Waals surface area contributed by atoms with Gasteiger partial charge >= 0.3 is 6.09 Å². The van der Waals surface area contributed by atoms with E-state index in [1.165, 1.54) is 0 Å². The van der Waals surface area contributed by atoms with Gasteiger partial charge < -0.3 is 10.1 Å². The number of nitrogens with zero attached hydrogens (tertiary/aromatic N) is 2. The zero-order valence-electron chi connectivity index (χ0n) is 13.7. The molecule has 5 nitrogen and oxygen atoms in total. The fraction of sp³-hybridized carbons (Fsp3) is 0.100. The first-order valence-corrected chi connectivity index (χ1v) is 8.02. The van der Waals surface area contributed by atoms with Crippen molar-refractivity contribution >= 4 is 12.2 Å². The smallest absolute Gasteiger partial charge is 0.407 e. The summed E-state index contributed by atoms with van der Waals surface area (Å²) in [4.78, 5) is 11.6. The van der Waals surface area contributed by atoms with Crippen LogP contribution in [0.1, 0.15) is 11.1 Å². The zero-order valence-corrected chi connectivity index (χ0v) is 13.7. The van der Waals surface area contributed by atoms with Gasteiger partial charge in [0.1, 0.15) is 6.61 Å². The molecule has 1 aromatic heterocycles. The van der Waals surface area contributed by atoms with Gasteiger partial charge in [-0.3, -0.25) is 0 Å². The minimum atomic E-state index is -0.437. The molecule has 1 N–H and O–H groups in total. The van der Waals surface area contributed by atoms with Crippen LogP contribution in [0, 0.1) is 0 Å². The summed E-state index contributed by atoms with van der Waals surface area (Å²) in [5, 5.41) is 7.00. The first-order valence-electron chi connectivity index (χ1n) is 8.02. The van der Waals surface area contributed by atoms with Crippen LogP contribution in [-0.4, -0.2) is 22.4 Å². The molecule has 2 aromatic carbocycles. The van der Waals surface area contributed by atoms with Gasteiger partial charge in [0.25, 0.3) is 0 Å². The number of aromatic nitrogens is 2. The molecule has 25 heavy (non-hydrogen) atoms. The number of nitrogens with one attached hydrogen (secondary N) is 1. The summed E-state index contributed by atoms with van der Waals surface area (Å²) in [6.45, 7) is 0.657. The number of ether oxygens (including phenoxy) is 1. The second-order valence-corrected chi connectivity index (χ2v) is 5.40. The Balaban J connectivity index is 1.43. The lowest BCUT2D eigenvalue weighted by Gasteiger charge is -2.05. The molecule has 0 aliphatic carbocycles. The molecule has 0 fully saturated rings. The highest BCUT2D eigenvalue weighted by Crippen LogP contribution is 2.08. The second kappa shape index (κ2) is 8.49. The second-order valence-electron chi connectivity index (χ2n) is 5.40. The van der Waals surface area contributed by atoms with Gasteiger partial charge in [0.2, 0.25) is 0 Å². The van der Waals surface area contributed by atoms with Crippen LogP contribution in [0.4, 0.5) is 4.79 Å². The van der Waals surface area contributed by atoms with Crippen molar-refractivity contribution in [1.29, 1.82) is 0 Å². The van der Waals surface area contributed by atoms with Crippen LogP contribution in [0.5, 0.6) is 0 Å². The molecule has 0 radical (unpaired) electrons. The molecule has 0 aliphatic heterocycles. The Morgan fingerprint density at radius 1 is 1.08 bits per heavy atom. The largest absolute Gasteiger partial charge is 0.445 e. The lowest BCUT2D eigenvalue weighted by atomic mass is 10.2. The van der Waals surface area contributed by atoms with E-state index in [0.29, 0.717) is 6.54 Å². The van der Waals surface area contributed by atoms with E-state index in [4.69, 9.17) is 4.74 Å². The third-order valence-electron chi connectivity index (χ3n) is 3.51. The summed E-state index contributed by atoms with van der Waals surface area (Å²) in [5.41, 5.74) is 2.93. The molecule has 1 amide bonds. The van der Waals surface area contributed by atoms with Crippen molar-refractivity contribution in [2.45, 2.75) is 6.61 Å². The maximum absolute atomic E-state index is 11.6. The molecule has 0 aliphatic rings. The molecular formula is C20H19N3O2. The molecule has 0 atom stereocenters. The van der Waals surface area contributed by atoms with E-state index < -0.39 is 6.09 Å². The summed E-state index contributed by atoms with van der Waals surface area (Å²) >= 11 is 0. The van der Waals surface area contributed by atoms with Crippen molar-refractivity contribution in [1.82, 2.24) is 15.1 Å². The summed E-state index contributed by atoms with van der Waals surface area (Å²) in [6, 6.07) is 19.5. The van der Waals surface area contributed by atoms with Crippen molar-refractivity contribution in [3.63, 3.8) is 0 Å². The Bertz CT molecular complexity index is 826. The standard InChI is InChI=1S/C20H19N3O2/c24-20(25-16-17-8-3-1-4-9-17)21-13-7-10-18-14-22-23(15-18)19-11-5-2-6-12-19/h1-12,14-15H,13,16H2,(H,21,24). The van der Waals surface area contributed by atoms with Crippen LogP contribution >= 0.6 is 0 Å². The molecular weight excluding hydrogens is 314 g/mol. The average Bonchev–Trinajstić information content (AvgIpc) is 3.14. The first-order chi connectivity index (χ1) is 12.3. The van der Waals surface area contributed by atoms with Crippen molar-refractivity contribution in [3.05, 3.63) is 90.3 Å². The monoisotopic (exact) mass is 333 g/mol. The van der Waals surface area contributed by atoms with E-state index in [0.717, 1.165) is 16.8 Å².